The van der Waals surface area contributed by atoms with Crippen LogP contribution < -0.4 is 4.65 Å². The van der Waals surface area contributed by atoms with Gasteiger partial charge in [0.25, 0.3) is 0 Å². The third-order valence-electron chi connectivity index (χ3n) is 1.10. The summed E-state index contributed by atoms with van der Waals surface area (Å²) in [6, 6.07) is 4.90. The van der Waals surface area contributed by atoms with Crippen LogP contribution in [0.2, 0.25) is 10.0 Å². The Morgan fingerprint density at radius 1 is 1.36 bits per heavy atom. The van der Waals surface area contributed by atoms with Gasteiger partial charge in [0.05, 0.1) is 10.0 Å². The Labute approximate surface area is 75.0 Å². The molecule has 0 heterocycles. The second-order valence-corrected chi connectivity index (χ2v) is 2.56. The standard InChI is InChI=1S/C6H4BCl2O2/c8-4-2-1-3-5(6(4)9)11-7-10/h1-3,10H. The van der Waals surface area contributed by atoms with Crippen LogP contribution in [-0.4, -0.2) is 12.7 Å². The van der Waals surface area contributed by atoms with Gasteiger partial charge in [-0.3, -0.25) is 0 Å². The van der Waals surface area contributed by atoms with Gasteiger partial charge in [0.15, 0.2) is 0 Å². The lowest BCUT2D eigenvalue weighted by Gasteiger charge is -2.03. The van der Waals surface area contributed by atoms with Gasteiger partial charge < -0.3 is 9.68 Å². The van der Waals surface area contributed by atoms with E-state index in [1.165, 1.54) is 0 Å². The van der Waals surface area contributed by atoms with E-state index in [1.54, 1.807) is 18.2 Å². The maximum absolute atomic E-state index is 8.29. The van der Waals surface area contributed by atoms with Crippen LogP contribution in [0.5, 0.6) is 5.75 Å². The molecule has 1 aromatic rings. The molecule has 1 N–H and O–H groups in total. The normalized spacial score (nSPS) is 9.36. The Morgan fingerprint density at radius 3 is 2.73 bits per heavy atom. The molecule has 0 aliphatic carbocycles. The van der Waals surface area contributed by atoms with Gasteiger partial charge >= 0.3 is 7.69 Å². The predicted molar refractivity (Wildman–Crippen MR) is 45.1 cm³/mol. The molecule has 0 spiro atoms. The summed E-state index contributed by atoms with van der Waals surface area (Å²) in [5.74, 6) is 0.335. The molecule has 1 aromatic carbocycles. The van der Waals surface area contributed by atoms with Crippen molar-refractivity contribution in [3.63, 3.8) is 0 Å². The van der Waals surface area contributed by atoms with Crippen molar-refractivity contribution in [2.24, 2.45) is 0 Å². The summed E-state index contributed by atoms with van der Waals surface area (Å²) in [5.41, 5.74) is 0. The van der Waals surface area contributed by atoms with Crippen molar-refractivity contribution in [2.45, 2.75) is 0 Å². The number of halogens is 2. The molecule has 0 aliphatic rings. The van der Waals surface area contributed by atoms with Crippen molar-refractivity contribution in [1.82, 2.24) is 0 Å². The lowest BCUT2D eigenvalue weighted by molar-refractivity contribution is 0.454. The Morgan fingerprint density at radius 2 is 2.09 bits per heavy atom. The van der Waals surface area contributed by atoms with E-state index >= 15 is 0 Å². The molecule has 0 atom stereocenters. The van der Waals surface area contributed by atoms with Gasteiger partial charge in [-0.25, -0.2) is 0 Å². The molecule has 0 bridgehead atoms. The Kier molecular flexibility index (Phi) is 3.06. The van der Waals surface area contributed by atoms with Crippen LogP contribution in [0.4, 0.5) is 0 Å². The van der Waals surface area contributed by atoms with Crippen molar-refractivity contribution in [1.29, 1.82) is 0 Å². The molecule has 57 valence electrons. The summed E-state index contributed by atoms with van der Waals surface area (Å²) in [4.78, 5) is 0. The van der Waals surface area contributed by atoms with Gasteiger partial charge in [0.1, 0.15) is 5.75 Å². The zero-order chi connectivity index (χ0) is 8.27. The maximum Gasteiger partial charge on any atom is 0.569 e. The molecular formula is C6H4BCl2O2. The zero-order valence-electron chi connectivity index (χ0n) is 5.42. The lowest BCUT2D eigenvalue weighted by atomic mass is 10.3. The van der Waals surface area contributed by atoms with Crippen LogP contribution in [0.15, 0.2) is 18.2 Å². The van der Waals surface area contributed by atoms with Gasteiger partial charge in [-0.15, -0.1) is 0 Å². The van der Waals surface area contributed by atoms with Crippen molar-refractivity contribution in [3.05, 3.63) is 28.2 Å². The number of hydrogen-bond donors (Lipinski definition) is 1. The Bertz CT molecular complexity index is 254. The maximum atomic E-state index is 8.29. The third-order valence-corrected chi connectivity index (χ3v) is 1.90. The molecule has 1 radical (unpaired) electrons. The van der Waals surface area contributed by atoms with Gasteiger partial charge in [-0.1, -0.05) is 29.3 Å². The van der Waals surface area contributed by atoms with E-state index in [1.807, 2.05) is 0 Å². The van der Waals surface area contributed by atoms with Crippen molar-refractivity contribution in [3.8, 4) is 5.75 Å². The smallest absolute Gasteiger partial charge is 0.536 e. The van der Waals surface area contributed by atoms with Crippen LogP contribution in [-0.2, 0) is 0 Å². The van der Waals surface area contributed by atoms with E-state index < -0.39 is 0 Å². The van der Waals surface area contributed by atoms with Gasteiger partial charge in [-0.2, -0.15) is 0 Å². The van der Waals surface area contributed by atoms with Crippen LogP contribution >= 0.6 is 23.2 Å². The molecule has 0 amide bonds. The average molecular weight is 190 g/mol. The molecule has 0 aliphatic heterocycles. The SMILES string of the molecule is O[B]Oc1cccc(Cl)c1Cl. The fraction of sp³-hybridized carbons (Fsp3) is 0. The average Bonchev–Trinajstić information content (AvgIpc) is 1.99. The van der Waals surface area contributed by atoms with Gasteiger partial charge in [0.2, 0.25) is 0 Å². The first-order chi connectivity index (χ1) is 5.25. The minimum absolute atomic E-state index is 0.291. The molecule has 5 heteroatoms. The minimum Gasteiger partial charge on any atom is -0.536 e. The Hall–Kier alpha value is -0.375. The lowest BCUT2D eigenvalue weighted by Crippen LogP contribution is -1.99. The van der Waals surface area contributed by atoms with Gasteiger partial charge in [-0.05, 0) is 12.1 Å². The zero-order valence-corrected chi connectivity index (χ0v) is 6.93. The molecule has 11 heavy (non-hydrogen) atoms. The number of hydrogen-bond acceptors (Lipinski definition) is 2. The first-order valence-corrected chi connectivity index (χ1v) is 3.58. The van der Waals surface area contributed by atoms with E-state index in [9.17, 15) is 0 Å². The van der Waals surface area contributed by atoms with Gasteiger partial charge in [0, 0.05) is 0 Å². The van der Waals surface area contributed by atoms with Crippen molar-refractivity contribution in [2.75, 3.05) is 0 Å². The summed E-state index contributed by atoms with van der Waals surface area (Å²) >= 11 is 11.3. The first-order valence-electron chi connectivity index (χ1n) is 2.82. The largest absolute Gasteiger partial charge is 0.569 e. The molecular weight excluding hydrogens is 186 g/mol. The number of benzene rings is 1. The topological polar surface area (TPSA) is 29.5 Å². The van der Waals surface area contributed by atoms with Crippen molar-refractivity contribution < 1.29 is 9.68 Å². The summed E-state index contributed by atoms with van der Waals surface area (Å²) in [6.07, 6.45) is 0. The highest BCUT2D eigenvalue weighted by Gasteiger charge is 2.04. The molecule has 2 nitrogen and oxygen atoms in total. The van der Waals surface area contributed by atoms with E-state index in [0.717, 1.165) is 0 Å². The molecule has 0 unspecified atom stereocenters. The molecule has 0 aromatic heterocycles. The van der Waals surface area contributed by atoms with E-state index in [4.69, 9.17) is 28.2 Å². The summed E-state index contributed by atoms with van der Waals surface area (Å²) in [6.45, 7) is 0. The minimum atomic E-state index is 0.291. The summed E-state index contributed by atoms with van der Waals surface area (Å²) in [7, 11) is 0.553. The summed E-state index contributed by atoms with van der Waals surface area (Å²) < 4.78 is 4.63. The fourth-order valence-electron chi connectivity index (χ4n) is 0.632. The Balaban J connectivity index is 2.96. The highest BCUT2D eigenvalue weighted by atomic mass is 35.5. The predicted octanol–water partition coefficient (Wildman–Crippen LogP) is 1.90. The molecule has 0 fully saturated rings. The monoisotopic (exact) mass is 189 g/mol. The highest BCUT2D eigenvalue weighted by Crippen LogP contribution is 2.30. The molecule has 0 saturated heterocycles. The fourth-order valence-corrected chi connectivity index (χ4v) is 0.968. The second kappa shape index (κ2) is 3.86. The van der Waals surface area contributed by atoms with Crippen LogP contribution in [0.3, 0.4) is 0 Å². The van der Waals surface area contributed by atoms with E-state index in [0.29, 0.717) is 23.5 Å². The molecule has 0 saturated carbocycles. The number of rotatable bonds is 2. The van der Waals surface area contributed by atoms with Crippen molar-refractivity contribution >= 4 is 30.9 Å². The first kappa shape index (κ1) is 8.72. The van der Waals surface area contributed by atoms with Crippen LogP contribution in [0.25, 0.3) is 0 Å². The molecule has 1 rings (SSSR count). The third kappa shape index (κ3) is 2.02. The highest BCUT2D eigenvalue weighted by molar-refractivity contribution is 6.43. The summed E-state index contributed by atoms with van der Waals surface area (Å²) in [5, 5.41) is 8.97. The van der Waals surface area contributed by atoms with E-state index in [-0.39, 0.29) is 0 Å². The van der Waals surface area contributed by atoms with Crippen LogP contribution in [0.1, 0.15) is 0 Å². The second-order valence-electron chi connectivity index (χ2n) is 1.78. The van der Waals surface area contributed by atoms with E-state index in [2.05, 4.69) is 4.65 Å². The van der Waals surface area contributed by atoms with Crippen LogP contribution in [0, 0.1) is 0 Å². The quantitative estimate of drug-likeness (QED) is 0.721.